The minimum atomic E-state index is 0.412. The van der Waals surface area contributed by atoms with Crippen LogP contribution in [0.5, 0.6) is 0 Å². The molecule has 96 valence electrons. The largest absolute Gasteiger partial charge is 0.336 e. The maximum Gasteiger partial charge on any atom is 0.0946 e. The fourth-order valence-electron chi connectivity index (χ4n) is 2.17. The second kappa shape index (κ2) is 6.36. The normalized spacial score (nSPS) is 12.8. The number of benzene rings is 1. The van der Waals surface area contributed by atoms with Gasteiger partial charge in [-0.15, -0.1) is 0 Å². The van der Waals surface area contributed by atoms with E-state index in [9.17, 15) is 0 Å². The van der Waals surface area contributed by atoms with Crippen molar-refractivity contribution in [3.8, 4) is 0 Å². The molecule has 3 nitrogen and oxygen atoms in total. The highest BCUT2D eigenvalue weighted by Gasteiger charge is 2.14. The molecule has 2 rings (SSSR count). The van der Waals surface area contributed by atoms with Gasteiger partial charge in [-0.3, -0.25) is 0 Å². The third-order valence-electron chi connectivity index (χ3n) is 3.12. The lowest BCUT2D eigenvalue weighted by molar-refractivity contribution is 0.402. The Morgan fingerprint density at radius 2 is 2.00 bits per heavy atom. The van der Waals surface area contributed by atoms with Crippen LogP contribution in [0.3, 0.4) is 0 Å². The maximum atomic E-state index is 4.05. The van der Waals surface area contributed by atoms with Crippen molar-refractivity contribution in [3.05, 3.63) is 54.6 Å². The molecule has 2 aromatic rings. The van der Waals surface area contributed by atoms with E-state index < -0.39 is 0 Å². The predicted octanol–water partition coefficient (Wildman–Crippen LogP) is 2.87. The molecule has 0 aliphatic heterocycles. The molecule has 1 aromatic carbocycles. The first kappa shape index (κ1) is 12.8. The molecular weight excluding hydrogens is 222 g/mol. The van der Waals surface area contributed by atoms with Gasteiger partial charge in [0, 0.05) is 31.5 Å². The Morgan fingerprint density at radius 1 is 1.22 bits per heavy atom. The SMILES string of the molecule is CC(C)C(NCCn1ccnc1)c1ccccc1. The lowest BCUT2D eigenvalue weighted by Gasteiger charge is -2.23. The van der Waals surface area contributed by atoms with Gasteiger partial charge in [0.1, 0.15) is 0 Å². The van der Waals surface area contributed by atoms with Gasteiger partial charge in [0.2, 0.25) is 0 Å². The molecule has 0 spiro atoms. The van der Waals surface area contributed by atoms with E-state index >= 15 is 0 Å². The molecule has 1 atom stereocenters. The second-order valence-electron chi connectivity index (χ2n) is 4.89. The van der Waals surface area contributed by atoms with E-state index in [1.54, 1.807) is 0 Å². The molecule has 0 saturated carbocycles. The van der Waals surface area contributed by atoms with Crippen molar-refractivity contribution < 1.29 is 0 Å². The van der Waals surface area contributed by atoms with Crippen molar-refractivity contribution in [2.45, 2.75) is 26.4 Å². The van der Waals surface area contributed by atoms with Crippen molar-refractivity contribution in [3.63, 3.8) is 0 Å². The van der Waals surface area contributed by atoms with Gasteiger partial charge < -0.3 is 9.88 Å². The standard InChI is InChI=1S/C15H21N3/c1-13(2)15(14-6-4-3-5-7-14)17-9-11-18-10-8-16-12-18/h3-8,10,12-13,15,17H,9,11H2,1-2H3. The Bertz CT molecular complexity index is 434. The zero-order valence-corrected chi connectivity index (χ0v) is 11.1. The monoisotopic (exact) mass is 243 g/mol. The fourth-order valence-corrected chi connectivity index (χ4v) is 2.17. The van der Waals surface area contributed by atoms with Crippen LogP contribution in [0.15, 0.2) is 49.1 Å². The van der Waals surface area contributed by atoms with Gasteiger partial charge in [-0.05, 0) is 11.5 Å². The third-order valence-corrected chi connectivity index (χ3v) is 3.12. The molecule has 18 heavy (non-hydrogen) atoms. The molecule has 0 radical (unpaired) electrons. The van der Waals surface area contributed by atoms with E-state index in [4.69, 9.17) is 0 Å². The Hall–Kier alpha value is -1.61. The van der Waals surface area contributed by atoms with Crippen molar-refractivity contribution in [2.75, 3.05) is 6.54 Å². The smallest absolute Gasteiger partial charge is 0.0946 e. The number of aromatic nitrogens is 2. The fraction of sp³-hybridized carbons (Fsp3) is 0.400. The molecule has 0 fully saturated rings. The minimum absolute atomic E-state index is 0.412. The van der Waals surface area contributed by atoms with Crippen LogP contribution in [-0.2, 0) is 6.54 Å². The maximum absolute atomic E-state index is 4.05. The highest BCUT2D eigenvalue weighted by Crippen LogP contribution is 2.20. The van der Waals surface area contributed by atoms with E-state index in [-0.39, 0.29) is 0 Å². The predicted molar refractivity (Wildman–Crippen MR) is 74.3 cm³/mol. The Balaban J connectivity index is 1.91. The number of nitrogens with one attached hydrogen (secondary N) is 1. The van der Waals surface area contributed by atoms with E-state index in [0.29, 0.717) is 12.0 Å². The van der Waals surface area contributed by atoms with Crippen molar-refractivity contribution in [2.24, 2.45) is 5.92 Å². The molecule has 0 saturated heterocycles. The van der Waals surface area contributed by atoms with Crippen LogP contribution >= 0.6 is 0 Å². The summed E-state index contributed by atoms with van der Waals surface area (Å²) in [5, 5.41) is 3.63. The zero-order valence-electron chi connectivity index (χ0n) is 11.1. The molecule has 3 heteroatoms. The first-order chi connectivity index (χ1) is 8.77. The summed E-state index contributed by atoms with van der Waals surface area (Å²) in [6.45, 7) is 6.41. The van der Waals surface area contributed by atoms with Gasteiger partial charge in [0.05, 0.1) is 6.33 Å². The number of nitrogens with zero attached hydrogens (tertiary/aromatic N) is 2. The summed E-state index contributed by atoms with van der Waals surface area (Å²) in [6.07, 6.45) is 5.67. The van der Waals surface area contributed by atoms with Crippen LogP contribution in [0.25, 0.3) is 0 Å². The molecule has 0 amide bonds. The van der Waals surface area contributed by atoms with Crippen LogP contribution in [0, 0.1) is 5.92 Å². The number of rotatable bonds is 6. The van der Waals surface area contributed by atoms with Gasteiger partial charge >= 0.3 is 0 Å². The minimum Gasteiger partial charge on any atom is -0.336 e. The van der Waals surface area contributed by atoms with Crippen LogP contribution in [-0.4, -0.2) is 16.1 Å². The average molecular weight is 243 g/mol. The Morgan fingerprint density at radius 3 is 2.61 bits per heavy atom. The third kappa shape index (κ3) is 3.44. The first-order valence-electron chi connectivity index (χ1n) is 6.51. The van der Waals surface area contributed by atoms with Crippen molar-refractivity contribution >= 4 is 0 Å². The Labute approximate surface area is 109 Å². The highest BCUT2D eigenvalue weighted by molar-refractivity contribution is 5.19. The molecule has 0 bridgehead atoms. The summed E-state index contributed by atoms with van der Waals surface area (Å²) >= 11 is 0. The lowest BCUT2D eigenvalue weighted by atomic mass is 9.96. The van der Waals surface area contributed by atoms with Crippen molar-refractivity contribution in [1.29, 1.82) is 0 Å². The summed E-state index contributed by atoms with van der Waals surface area (Å²) in [4.78, 5) is 4.05. The van der Waals surface area contributed by atoms with Crippen LogP contribution < -0.4 is 5.32 Å². The lowest BCUT2D eigenvalue weighted by Crippen LogP contribution is -2.28. The number of hydrogen-bond acceptors (Lipinski definition) is 2. The van der Waals surface area contributed by atoms with Gasteiger partial charge in [-0.2, -0.15) is 0 Å². The Kier molecular flexibility index (Phi) is 4.53. The van der Waals surface area contributed by atoms with E-state index in [1.165, 1.54) is 5.56 Å². The molecule has 1 unspecified atom stereocenters. The molecule has 1 N–H and O–H groups in total. The molecule has 1 heterocycles. The summed E-state index contributed by atoms with van der Waals surface area (Å²) in [5.41, 5.74) is 1.36. The van der Waals surface area contributed by atoms with Gasteiger partial charge in [-0.1, -0.05) is 44.2 Å². The van der Waals surface area contributed by atoms with Crippen LogP contribution in [0.1, 0.15) is 25.5 Å². The molecule has 1 aromatic heterocycles. The van der Waals surface area contributed by atoms with E-state index in [2.05, 4.69) is 59.0 Å². The summed E-state index contributed by atoms with van der Waals surface area (Å²) < 4.78 is 2.09. The summed E-state index contributed by atoms with van der Waals surface area (Å²) in [7, 11) is 0. The molecule has 0 aliphatic rings. The second-order valence-corrected chi connectivity index (χ2v) is 4.89. The molecule has 0 aliphatic carbocycles. The van der Waals surface area contributed by atoms with Gasteiger partial charge in [0.25, 0.3) is 0 Å². The van der Waals surface area contributed by atoms with E-state index in [1.807, 2.05) is 18.7 Å². The number of imidazole rings is 1. The first-order valence-corrected chi connectivity index (χ1v) is 6.51. The quantitative estimate of drug-likeness (QED) is 0.845. The topological polar surface area (TPSA) is 29.9 Å². The van der Waals surface area contributed by atoms with Crippen molar-refractivity contribution in [1.82, 2.24) is 14.9 Å². The van der Waals surface area contributed by atoms with Crippen LogP contribution in [0.4, 0.5) is 0 Å². The van der Waals surface area contributed by atoms with Crippen LogP contribution in [0.2, 0.25) is 0 Å². The number of hydrogen-bond donors (Lipinski definition) is 1. The average Bonchev–Trinajstić information content (AvgIpc) is 2.88. The van der Waals surface area contributed by atoms with E-state index in [0.717, 1.165) is 13.1 Å². The molecular formula is C15H21N3. The summed E-state index contributed by atoms with van der Waals surface area (Å²) in [6, 6.07) is 11.1. The summed E-state index contributed by atoms with van der Waals surface area (Å²) in [5.74, 6) is 0.579. The highest BCUT2D eigenvalue weighted by atomic mass is 15.0. The van der Waals surface area contributed by atoms with Gasteiger partial charge in [-0.25, -0.2) is 4.98 Å². The zero-order chi connectivity index (χ0) is 12.8. The van der Waals surface area contributed by atoms with Gasteiger partial charge in [0.15, 0.2) is 0 Å².